The second kappa shape index (κ2) is 2.21. The van der Waals surface area contributed by atoms with Crippen LogP contribution < -0.4 is 0 Å². The smallest absolute Gasteiger partial charge is 0.198 e. The summed E-state index contributed by atoms with van der Waals surface area (Å²) in [5.74, 6) is 2.55. The Balaban J connectivity index is 2.29. The number of carbonyl (C=O) groups excluding carboxylic acids is 1. The molecule has 1 aliphatic rings. The van der Waals surface area contributed by atoms with E-state index in [9.17, 15) is 4.79 Å². The summed E-state index contributed by atoms with van der Waals surface area (Å²) in [6, 6.07) is 0. The number of carbonyl (C=O) groups is 1. The second-order valence-electron chi connectivity index (χ2n) is 3.02. The Kier molecular flexibility index (Phi) is 1.31. The van der Waals surface area contributed by atoms with E-state index >= 15 is 0 Å². The van der Waals surface area contributed by atoms with Gasteiger partial charge >= 0.3 is 0 Å². The Morgan fingerprint density at radius 1 is 1.75 bits per heavy atom. The number of imidazole rings is 1. The molecule has 0 spiro atoms. The fraction of sp³-hybridized carbons (Fsp3) is 0.333. The Morgan fingerprint density at radius 3 is 2.92 bits per heavy atom. The summed E-state index contributed by atoms with van der Waals surface area (Å²) in [4.78, 5) is 18.1. The van der Waals surface area contributed by atoms with Gasteiger partial charge in [-0.05, 0) is 12.8 Å². The summed E-state index contributed by atoms with van der Waals surface area (Å²) in [6.45, 7) is 0. The molecule has 1 N–H and O–H groups in total. The molecular formula is C9H8N2O. The van der Waals surface area contributed by atoms with Gasteiger partial charge in [0, 0.05) is 0 Å². The maximum absolute atomic E-state index is 11.6. The van der Waals surface area contributed by atoms with E-state index in [4.69, 9.17) is 6.42 Å². The van der Waals surface area contributed by atoms with Gasteiger partial charge in [0.2, 0.25) is 0 Å². The fourth-order valence-electron chi connectivity index (χ4n) is 1.20. The van der Waals surface area contributed by atoms with Crippen LogP contribution in [-0.4, -0.2) is 15.8 Å². The first-order chi connectivity index (χ1) is 5.78. The lowest BCUT2D eigenvalue weighted by Crippen LogP contribution is -2.13. The van der Waals surface area contributed by atoms with Crippen molar-refractivity contribution >= 4 is 5.78 Å². The predicted molar refractivity (Wildman–Crippen MR) is 43.4 cm³/mol. The van der Waals surface area contributed by atoms with Crippen molar-refractivity contribution in [3.05, 3.63) is 18.2 Å². The van der Waals surface area contributed by atoms with Crippen LogP contribution in [0.1, 0.15) is 23.3 Å². The SMILES string of the molecule is C#CC1(C(=O)c2cnc[nH]2)CC1. The molecule has 1 aromatic heterocycles. The van der Waals surface area contributed by atoms with Crippen LogP contribution in [0.5, 0.6) is 0 Å². The topological polar surface area (TPSA) is 45.8 Å². The standard InChI is InChI=1S/C9H8N2O/c1-2-9(3-4-9)8(12)7-5-10-6-11-7/h1,5-6H,3-4H2,(H,10,11). The third-order valence-corrected chi connectivity index (χ3v) is 2.20. The highest BCUT2D eigenvalue weighted by atomic mass is 16.1. The van der Waals surface area contributed by atoms with Crippen molar-refractivity contribution in [3.63, 3.8) is 0 Å². The zero-order chi connectivity index (χ0) is 8.60. The molecule has 1 aliphatic carbocycles. The highest BCUT2D eigenvalue weighted by Crippen LogP contribution is 2.47. The zero-order valence-corrected chi connectivity index (χ0v) is 6.50. The van der Waals surface area contributed by atoms with Crippen LogP contribution in [0.4, 0.5) is 0 Å². The monoisotopic (exact) mass is 160 g/mol. The number of Topliss-reactive ketones (excluding diaryl/α,β-unsaturated/α-hetero) is 1. The molecule has 1 aromatic rings. The molecule has 3 heteroatoms. The first kappa shape index (κ1) is 7.11. The van der Waals surface area contributed by atoms with E-state index in [0.29, 0.717) is 5.69 Å². The van der Waals surface area contributed by atoms with Crippen molar-refractivity contribution in [3.8, 4) is 12.3 Å². The van der Waals surface area contributed by atoms with Crippen molar-refractivity contribution in [2.75, 3.05) is 0 Å². The van der Waals surface area contributed by atoms with Gasteiger partial charge in [0.25, 0.3) is 0 Å². The van der Waals surface area contributed by atoms with Gasteiger partial charge in [-0.3, -0.25) is 4.79 Å². The number of rotatable bonds is 2. The zero-order valence-electron chi connectivity index (χ0n) is 6.50. The highest BCUT2D eigenvalue weighted by Gasteiger charge is 2.48. The molecule has 60 valence electrons. The van der Waals surface area contributed by atoms with Gasteiger partial charge in [0.1, 0.15) is 5.69 Å². The fourth-order valence-corrected chi connectivity index (χ4v) is 1.20. The first-order valence-electron chi connectivity index (χ1n) is 3.79. The van der Waals surface area contributed by atoms with E-state index in [-0.39, 0.29) is 5.78 Å². The molecular weight excluding hydrogens is 152 g/mol. The lowest BCUT2D eigenvalue weighted by atomic mass is 10.0. The van der Waals surface area contributed by atoms with Gasteiger partial charge in [0.05, 0.1) is 17.9 Å². The second-order valence-corrected chi connectivity index (χ2v) is 3.02. The number of hydrogen-bond donors (Lipinski definition) is 1. The van der Waals surface area contributed by atoms with Gasteiger partial charge in [-0.1, -0.05) is 5.92 Å². The molecule has 1 saturated carbocycles. The minimum atomic E-state index is -0.507. The Bertz CT molecular complexity index is 341. The van der Waals surface area contributed by atoms with Crippen molar-refractivity contribution < 1.29 is 4.79 Å². The summed E-state index contributed by atoms with van der Waals surface area (Å²) >= 11 is 0. The van der Waals surface area contributed by atoms with Crippen LogP contribution in [-0.2, 0) is 0 Å². The number of terminal acetylenes is 1. The van der Waals surface area contributed by atoms with Crippen LogP contribution in [0.3, 0.4) is 0 Å². The van der Waals surface area contributed by atoms with Crippen molar-refractivity contribution in [2.45, 2.75) is 12.8 Å². The maximum Gasteiger partial charge on any atom is 0.198 e. The Labute approximate surface area is 70.2 Å². The molecule has 0 unspecified atom stereocenters. The maximum atomic E-state index is 11.6. The van der Waals surface area contributed by atoms with Crippen LogP contribution >= 0.6 is 0 Å². The molecule has 0 aliphatic heterocycles. The van der Waals surface area contributed by atoms with Crippen molar-refractivity contribution in [2.24, 2.45) is 5.41 Å². The lowest BCUT2D eigenvalue weighted by Gasteiger charge is -2.01. The van der Waals surface area contributed by atoms with Crippen molar-refractivity contribution in [1.29, 1.82) is 0 Å². The van der Waals surface area contributed by atoms with E-state index in [1.807, 2.05) is 0 Å². The van der Waals surface area contributed by atoms with Crippen LogP contribution in [0, 0.1) is 17.8 Å². The Morgan fingerprint density at radius 2 is 2.50 bits per heavy atom. The van der Waals surface area contributed by atoms with Gasteiger partial charge in [-0.25, -0.2) is 4.98 Å². The molecule has 0 radical (unpaired) electrons. The summed E-state index contributed by atoms with van der Waals surface area (Å²) in [5, 5.41) is 0. The number of ketones is 1. The van der Waals surface area contributed by atoms with Gasteiger partial charge in [-0.15, -0.1) is 6.42 Å². The molecule has 3 nitrogen and oxygen atoms in total. The molecule has 0 bridgehead atoms. The predicted octanol–water partition coefficient (Wildman–Crippen LogP) is 1.01. The summed E-state index contributed by atoms with van der Waals surface area (Å²) in [5.41, 5.74) is 0.0115. The first-order valence-corrected chi connectivity index (χ1v) is 3.79. The van der Waals surface area contributed by atoms with E-state index in [1.54, 1.807) is 0 Å². The molecule has 0 atom stereocenters. The van der Waals surface area contributed by atoms with E-state index < -0.39 is 5.41 Å². The molecule has 2 rings (SSSR count). The molecule has 12 heavy (non-hydrogen) atoms. The third kappa shape index (κ3) is 0.850. The van der Waals surface area contributed by atoms with E-state index in [2.05, 4.69) is 15.9 Å². The van der Waals surface area contributed by atoms with Gasteiger partial charge in [-0.2, -0.15) is 0 Å². The summed E-state index contributed by atoms with van der Waals surface area (Å²) in [6.07, 6.45) is 9.88. The summed E-state index contributed by atoms with van der Waals surface area (Å²) in [7, 11) is 0. The normalized spacial score (nSPS) is 18.2. The average molecular weight is 160 g/mol. The van der Waals surface area contributed by atoms with E-state index in [1.165, 1.54) is 12.5 Å². The quantitative estimate of drug-likeness (QED) is 0.518. The molecule has 0 amide bonds. The number of aromatic amines is 1. The minimum Gasteiger partial charge on any atom is -0.342 e. The number of nitrogens with zero attached hydrogens (tertiary/aromatic N) is 1. The largest absolute Gasteiger partial charge is 0.342 e. The third-order valence-electron chi connectivity index (χ3n) is 2.20. The van der Waals surface area contributed by atoms with Crippen LogP contribution in [0.25, 0.3) is 0 Å². The average Bonchev–Trinajstić information content (AvgIpc) is 2.71. The minimum absolute atomic E-state index is 0.00231. The molecule has 0 saturated heterocycles. The Hall–Kier alpha value is -1.56. The molecule has 0 aromatic carbocycles. The van der Waals surface area contributed by atoms with Gasteiger partial charge in [0.15, 0.2) is 5.78 Å². The van der Waals surface area contributed by atoms with Crippen LogP contribution in [0.15, 0.2) is 12.5 Å². The number of H-pyrrole nitrogens is 1. The summed E-state index contributed by atoms with van der Waals surface area (Å²) < 4.78 is 0. The highest BCUT2D eigenvalue weighted by molar-refractivity contribution is 6.02. The number of aromatic nitrogens is 2. The number of nitrogens with one attached hydrogen (secondary N) is 1. The van der Waals surface area contributed by atoms with Gasteiger partial charge < -0.3 is 4.98 Å². The lowest BCUT2D eigenvalue weighted by molar-refractivity contribution is 0.0931. The van der Waals surface area contributed by atoms with Crippen LogP contribution in [0.2, 0.25) is 0 Å². The van der Waals surface area contributed by atoms with E-state index in [0.717, 1.165) is 12.8 Å². The van der Waals surface area contributed by atoms with Crippen molar-refractivity contribution in [1.82, 2.24) is 9.97 Å². The molecule has 1 heterocycles. The molecule has 1 fully saturated rings. The number of hydrogen-bond acceptors (Lipinski definition) is 2.